The van der Waals surface area contributed by atoms with E-state index in [4.69, 9.17) is 9.47 Å². The normalized spacial score (nSPS) is 11.7. The van der Waals surface area contributed by atoms with E-state index in [0.717, 1.165) is 23.8 Å². The molecule has 0 aliphatic heterocycles. The van der Waals surface area contributed by atoms with Gasteiger partial charge in [-0.15, -0.1) is 0 Å². The average molecular weight is 426 g/mol. The lowest BCUT2D eigenvalue weighted by Crippen LogP contribution is -2.42. The maximum atomic E-state index is 12.7. The lowest BCUT2D eigenvalue weighted by Gasteiger charge is -2.22. The Labute approximate surface area is 173 Å². The smallest absolute Gasteiger partial charge is 0.433 e. The zero-order valence-electron chi connectivity index (χ0n) is 17.0. The molecule has 30 heavy (non-hydrogen) atoms. The first kappa shape index (κ1) is 23.0. The van der Waals surface area contributed by atoms with E-state index in [2.05, 4.69) is 25.6 Å². The molecule has 0 spiro atoms. The largest absolute Gasteiger partial charge is 0.497 e. The van der Waals surface area contributed by atoms with Crippen molar-refractivity contribution in [3.8, 4) is 11.5 Å². The summed E-state index contributed by atoms with van der Waals surface area (Å²) in [6, 6.07) is 8.12. The Morgan fingerprint density at radius 1 is 1.13 bits per heavy atom. The van der Waals surface area contributed by atoms with Crippen LogP contribution in [0.5, 0.6) is 11.5 Å². The van der Waals surface area contributed by atoms with Gasteiger partial charge < -0.3 is 25.0 Å². The van der Waals surface area contributed by atoms with Crippen molar-refractivity contribution in [1.29, 1.82) is 0 Å². The van der Waals surface area contributed by atoms with Crippen LogP contribution in [0, 0.1) is 0 Å². The highest BCUT2D eigenvalue weighted by molar-refractivity contribution is 5.79. The maximum absolute atomic E-state index is 12.7. The highest BCUT2D eigenvalue weighted by Gasteiger charge is 2.32. The minimum atomic E-state index is -4.50. The molecule has 0 saturated carbocycles. The lowest BCUT2D eigenvalue weighted by atomic mass is 10.3. The van der Waals surface area contributed by atoms with Gasteiger partial charge in [-0.1, -0.05) is 0 Å². The summed E-state index contributed by atoms with van der Waals surface area (Å²) in [5.74, 6) is 2.04. The second-order valence-corrected chi connectivity index (χ2v) is 6.11. The summed E-state index contributed by atoms with van der Waals surface area (Å²) >= 11 is 0. The van der Waals surface area contributed by atoms with E-state index in [-0.39, 0.29) is 5.95 Å². The number of rotatable bonds is 9. The van der Waals surface area contributed by atoms with Crippen molar-refractivity contribution in [2.24, 2.45) is 4.99 Å². The summed E-state index contributed by atoms with van der Waals surface area (Å²) in [4.78, 5) is 13.3. The fourth-order valence-electron chi connectivity index (χ4n) is 2.41. The second-order valence-electron chi connectivity index (χ2n) is 6.11. The number of likely N-dealkylation sites (N-methyl/N-ethyl adjacent to an activating group) is 1. The average Bonchev–Trinajstić information content (AvgIpc) is 2.74. The van der Waals surface area contributed by atoms with Crippen molar-refractivity contribution >= 4 is 11.9 Å². The predicted molar refractivity (Wildman–Crippen MR) is 108 cm³/mol. The van der Waals surface area contributed by atoms with Crippen molar-refractivity contribution in [3.05, 3.63) is 42.2 Å². The van der Waals surface area contributed by atoms with Crippen LogP contribution in [0.25, 0.3) is 0 Å². The number of methoxy groups -OCH3 is 1. The van der Waals surface area contributed by atoms with E-state index in [9.17, 15) is 13.2 Å². The highest BCUT2D eigenvalue weighted by Crippen LogP contribution is 2.27. The summed E-state index contributed by atoms with van der Waals surface area (Å²) in [5.41, 5.74) is -0.986. The zero-order valence-corrected chi connectivity index (χ0v) is 17.0. The molecule has 2 aromatic rings. The van der Waals surface area contributed by atoms with Crippen LogP contribution in [0.1, 0.15) is 5.69 Å². The van der Waals surface area contributed by atoms with Crippen molar-refractivity contribution in [2.75, 3.05) is 52.8 Å². The number of nitrogens with zero attached hydrogens (tertiary/aromatic N) is 4. The third kappa shape index (κ3) is 7.30. The molecular weight excluding hydrogens is 401 g/mol. The fraction of sp³-hybridized carbons (Fsp3) is 0.421. The van der Waals surface area contributed by atoms with Crippen LogP contribution in [0.3, 0.4) is 0 Å². The van der Waals surface area contributed by atoms with Gasteiger partial charge in [-0.05, 0) is 30.3 Å². The monoisotopic (exact) mass is 426 g/mol. The number of anilines is 1. The number of aromatic nitrogens is 2. The van der Waals surface area contributed by atoms with Crippen LogP contribution < -0.4 is 20.1 Å². The molecule has 2 N–H and O–H groups in total. The Hall–Kier alpha value is -3.24. The molecule has 0 aliphatic rings. The number of guanidine groups is 1. The first-order valence-corrected chi connectivity index (χ1v) is 9.16. The molecule has 0 amide bonds. The van der Waals surface area contributed by atoms with Crippen LogP contribution in [-0.2, 0) is 6.18 Å². The number of aliphatic imine (C=N–C) groups is 1. The Kier molecular flexibility index (Phi) is 8.51. The molecule has 0 unspecified atom stereocenters. The van der Waals surface area contributed by atoms with Crippen molar-refractivity contribution in [3.63, 3.8) is 0 Å². The first-order valence-electron chi connectivity index (χ1n) is 9.16. The zero-order chi connectivity index (χ0) is 22.0. The first-order chi connectivity index (χ1) is 14.3. The molecular formula is C19H25F3N6O2. The molecule has 0 bridgehead atoms. The Bertz CT molecular complexity index is 815. The van der Waals surface area contributed by atoms with E-state index in [0.29, 0.717) is 32.2 Å². The fourth-order valence-corrected chi connectivity index (χ4v) is 2.41. The van der Waals surface area contributed by atoms with Gasteiger partial charge in [-0.3, -0.25) is 4.99 Å². The van der Waals surface area contributed by atoms with E-state index in [1.54, 1.807) is 14.2 Å². The van der Waals surface area contributed by atoms with Gasteiger partial charge in [0.1, 0.15) is 23.8 Å². The molecule has 164 valence electrons. The number of halogens is 3. The summed E-state index contributed by atoms with van der Waals surface area (Å²) in [5, 5.41) is 5.87. The molecule has 11 heteroatoms. The molecule has 0 aliphatic carbocycles. The standard InChI is InChI=1S/C19H25F3N6O2/c1-23-18(28(2)12-13-30-15-6-4-14(29-3)5-7-15)26-11-10-25-17-24-9-8-16(27-17)19(20,21)22/h4-9H,10-13H2,1-3H3,(H,23,26)(H,24,25,27). The van der Waals surface area contributed by atoms with Crippen LogP contribution >= 0.6 is 0 Å². The van der Waals surface area contributed by atoms with Crippen molar-refractivity contribution < 1.29 is 22.6 Å². The SMILES string of the molecule is CN=C(NCCNc1nccc(C(F)(F)F)n1)N(C)CCOc1ccc(OC)cc1. The predicted octanol–water partition coefficient (Wildman–Crippen LogP) is 2.50. The maximum Gasteiger partial charge on any atom is 0.433 e. The summed E-state index contributed by atoms with van der Waals surface area (Å²) in [6.07, 6.45) is -3.43. The van der Waals surface area contributed by atoms with Gasteiger partial charge in [0, 0.05) is 33.4 Å². The van der Waals surface area contributed by atoms with Crippen LogP contribution in [0.2, 0.25) is 0 Å². The molecule has 1 aromatic heterocycles. The number of hydrogen-bond acceptors (Lipinski definition) is 6. The molecule has 0 saturated heterocycles. The van der Waals surface area contributed by atoms with E-state index >= 15 is 0 Å². The summed E-state index contributed by atoms with van der Waals surface area (Å²) in [7, 11) is 5.11. The Balaban J connectivity index is 1.72. The number of benzene rings is 1. The molecule has 0 atom stereocenters. The van der Waals surface area contributed by atoms with Crippen LogP contribution in [0.4, 0.5) is 19.1 Å². The lowest BCUT2D eigenvalue weighted by molar-refractivity contribution is -0.141. The Morgan fingerprint density at radius 2 is 1.83 bits per heavy atom. The number of hydrogen-bond donors (Lipinski definition) is 2. The number of nitrogens with one attached hydrogen (secondary N) is 2. The Morgan fingerprint density at radius 3 is 2.47 bits per heavy atom. The molecule has 0 fully saturated rings. The van der Waals surface area contributed by atoms with Gasteiger partial charge in [0.2, 0.25) is 5.95 Å². The molecule has 1 heterocycles. The highest BCUT2D eigenvalue weighted by atomic mass is 19.4. The summed E-state index contributed by atoms with van der Waals surface area (Å²) < 4.78 is 48.8. The van der Waals surface area contributed by atoms with Crippen molar-refractivity contribution in [1.82, 2.24) is 20.2 Å². The van der Waals surface area contributed by atoms with Gasteiger partial charge in [0.05, 0.1) is 13.7 Å². The van der Waals surface area contributed by atoms with E-state index < -0.39 is 11.9 Å². The minimum Gasteiger partial charge on any atom is -0.497 e. The van der Waals surface area contributed by atoms with Gasteiger partial charge in [-0.25, -0.2) is 9.97 Å². The van der Waals surface area contributed by atoms with E-state index in [1.807, 2.05) is 36.2 Å². The second kappa shape index (κ2) is 11.1. The van der Waals surface area contributed by atoms with Crippen LogP contribution in [0.15, 0.2) is 41.5 Å². The summed E-state index contributed by atoms with van der Waals surface area (Å²) in [6.45, 7) is 1.75. The number of alkyl halides is 3. The van der Waals surface area contributed by atoms with Gasteiger partial charge >= 0.3 is 6.18 Å². The van der Waals surface area contributed by atoms with E-state index in [1.165, 1.54) is 0 Å². The number of ether oxygens (including phenoxy) is 2. The molecule has 1 aromatic carbocycles. The molecule has 0 radical (unpaired) electrons. The van der Waals surface area contributed by atoms with Crippen LogP contribution in [-0.4, -0.2) is 68.3 Å². The van der Waals surface area contributed by atoms with Gasteiger partial charge in [0.25, 0.3) is 0 Å². The molecule has 2 rings (SSSR count). The van der Waals surface area contributed by atoms with Gasteiger partial charge in [0.15, 0.2) is 5.96 Å². The third-order valence-corrected chi connectivity index (χ3v) is 3.97. The molecule has 8 nitrogen and oxygen atoms in total. The third-order valence-electron chi connectivity index (χ3n) is 3.97. The van der Waals surface area contributed by atoms with Crippen molar-refractivity contribution in [2.45, 2.75) is 6.18 Å². The quantitative estimate of drug-likeness (QED) is 0.362. The topological polar surface area (TPSA) is 83.9 Å². The minimum absolute atomic E-state index is 0.0807. The van der Waals surface area contributed by atoms with Gasteiger partial charge in [-0.2, -0.15) is 13.2 Å².